The van der Waals surface area contributed by atoms with Gasteiger partial charge in [0.1, 0.15) is 5.76 Å². The van der Waals surface area contributed by atoms with E-state index in [1.54, 1.807) is 6.07 Å². The van der Waals surface area contributed by atoms with Crippen LogP contribution in [0.3, 0.4) is 0 Å². The fraction of sp³-hybridized carbons (Fsp3) is 0.529. The zero-order chi connectivity index (χ0) is 14.8. The Kier molecular flexibility index (Phi) is 4.48. The summed E-state index contributed by atoms with van der Waals surface area (Å²) < 4.78 is 19.4. The first-order chi connectivity index (χ1) is 9.40. The van der Waals surface area contributed by atoms with Gasteiger partial charge in [-0.05, 0) is 37.6 Å². The third kappa shape index (κ3) is 3.40. The number of rotatable bonds is 6. The average molecular weight is 277 g/mol. The highest BCUT2D eigenvalue weighted by Gasteiger charge is 2.25. The molecule has 0 unspecified atom stereocenters. The molecule has 2 aromatic rings. The number of furan rings is 1. The van der Waals surface area contributed by atoms with Crippen LogP contribution in [0.2, 0.25) is 0 Å². The van der Waals surface area contributed by atoms with Gasteiger partial charge in [-0.3, -0.25) is 0 Å². The van der Waals surface area contributed by atoms with Crippen molar-refractivity contribution in [3.8, 4) is 0 Å². The maximum absolute atomic E-state index is 13.7. The number of hydrogen-bond donors (Lipinski definition) is 1. The summed E-state index contributed by atoms with van der Waals surface area (Å²) >= 11 is 0. The van der Waals surface area contributed by atoms with E-state index in [4.69, 9.17) is 4.42 Å². The minimum absolute atomic E-state index is 0.102. The molecule has 0 aliphatic carbocycles. The molecule has 1 aromatic heterocycles. The molecule has 110 valence electrons. The topological polar surface area (TPSA) is 25.2 Å². The van der Waals surface area contributed by atoms with Gasteiger partial charge >= 0.3 is 0 Å². The molecule has 20 heavy (non-hydrogen) atoms. The molecule has 2 rings (SSSR count). The molecule has 0 bridgehead atoms. The Labute approximate surface area is 120 Å². The molecule has 3 heteroatoms. The van der Waals surface area contributed by atoms with Gasteiger partial charge in [0.2, 0.25) is 0 Å². The van der Waals surface area contributed by atoms with Gasteiger partial charge in [0.15, 0.2) is 11.4 Å². The van der Waals surface area contributed by atoms with Crippen molar-refractivity contribution in [2.75, 3.05) is 13.1 Å². The lowest BCUT2D eigenvalue weighted by molar-refractivity contribution is 0.363. The fourth-order valence-electron chi connectivity index (χ4n) is 2.28. The average Bonchev–Trinajstić information content (AvgIpc) is 2.81. The van der Waals surface area contributed by atoms with Gasteiger partial charge < -0.3 is 9.73 Å². The molecular formula is C17H24FNO. The molecule has 0 saturated carbocycles. The van der Waals surface area contributed by atoms with Crippen LogP contribution in [0, 0.1) is 11.7 Å². The smallest absolute Gasteiger partial charge is 0.169 e. The lowest BCUT2D eigenvalue weighted by Gasteiger charge is -2.22. The summed E-state index contributed by atoms with van der Waals surface area (Å²) in [5, 5.41) is 4.28. The van der Waals surface area contributed by atoms with Crippen LogP contribution in [-0.4, -0.2) is 13.1 Å². The Morgan fingerprint density at radius 3 is 2.70 bits per heavy atom. The monoisotopic (exact) mass is 277 g/mol. The summed E-state index contributed by atoms with van der Waals surface area (Å²) in [4.78, 5) is 0. The molecule has 1 heterocycles. The van der Waals surface area contributed by atoms with Crippen molar-refractivity contribution in [3.05, 3.63) is 35.8 Å². The number of hydrogen-bond acceptors (Lipinski definition) is 2. The Morgan fingerprint density at radius 2 is 2.05 bits per heavy atom. The lowest BCUT2D eigenvalue weighted by atomic mass is 9.86. The fourth-order valence-corrected chi connectivity index (χ4v) is 2.28. The van der Waals surface area contributed by atoms with Gasteiger partial charge in [-0.25, -0.2) is 4.39 Å². The summed E-state index contributed by atoms with van der Waals surface area (Å²) in [6.45, 7) is 10.6. The third-order valence-corrected chi connectivity index (χ3v) is 3.64. The van der Waals surface area contributed by atoms with Crippen molar-refractivity contribution in [2.45, 2.75) is 39.5 Å². The lowest BCUT2D eigenvalue weighted by Crippen LogP contribution is -2.27. The number of benzene rings is 1. The van der Waals surface area contributed by atoms with Crippen LogP contribution < -0.4 is 5.32 Å². The van der Waals surface area contributed by atoms with Crippen molar-refractivity contribution in [1.82, 2.24) is 5.32 Å². The van der Waals surface area contributed by atoms with E-state index in [1.807, 2.05) is 12.1 Å². The molecule has 0 atom stereocenters. The van der Waals surface area contributed by atoms with Crippen LogP contribution in [0.15, 0.2) is 28.7 Å². The van der Waals surface area contributed by atoms with Gasteiger partial charge in [-0.2, -0.15) is 0 Å². The Balaban J connectivity index is 2.09. The van der Waals surface area contributed by atoms with Crippen molar-refractivity contribution in [2.24, 2.45) is 5.92 Å². The third-order valence-electron chi connectivity index (χ3n) is 3.64. The summed E-state index contributed by atoms with van der Waals surface area (Å²) in [6, 6.07) is 7.00. The summed E-state index contributed by atoms with van der Waals surface area (Å²) in [5.41, 5.74) is 0.265. The van der Waals surface area contributed by atoms with E-state index >= 15 is 0 Å². The van der Waals surface area contributed by atoms with E-state index in [-0.39, 0.29) is 11.2 Å². The van der Waals surface area contributed by atoms with Gasteiger partial charge in [0.25, 0.3) is 0 Å². The quantitative estimate of drug-likeness (QED) is 0.787. The van der Waals surface area contributed by atoms with Gasteiger partial charge in [0, 0.05) is 10.8 Å². The van der Waals surface area contributed by atoms with Crippen molar-refractivity contribution in [1.29, 1.82) is 0 Å². The van der Waals surface area contributed by atoms with Crippen LogP contribution in [0.4, 0.5) is 4.39 Å². The van der Waals surface area contributed by atoms with E-state index in [0.717, 1.165) is 30.7 Å². The predicted octanol–water partition coefficient (Wildman–Crippen LogP) is 4.49. The number of para-hydroxylation sites is 1. The first-order valence-corrected chi connectivity index (χ1v) is 7.29. The first-order valence-electron chi connectivity index (χ1n) is 7.29. The van der Waals surface area contributed by atoms with Crippen molar-refractivity contribution < 1.29 is 8.81 Å². The van der Waals surface area contributed by atoms with Gasteiger partial charge in [-0.1, -0.05) is 39.8 Å². The Bertz CT molecular complexity index is 571. The number of halogens is 1. The zero-order valence-corrected chi connectivity index (χ0v) is 12.8. The molecule has 1 N–H and O–H groups in total. The highest BCUT2D eigenvalue weighted by molar-refractivity contribution is 5.78. The molecule has 0 saturated heterocycles. The molecule has 0 aliphatic heterocycles. The maximum atomic E-state index is 13.7. The minimum Gasteiger partial charge on any atom is -0.457 e. The van der Waals surface area contributed by atoms with Crippen LogP contribution in [-0.2, 0) is 5.41 Å². The van der Waals surface area contributed by atoms with Crippen molar-refractivity contribution >= 4 is 11.0 Å². The summed E-state index contributed by atoms with van der Waals surface area (Å²) in [5.74, 6) is 1.21. The molecule has 0 aliphatic rings. The second-order valence-corrected chi connectivity index (χ2v) is 6.50. The van der Waals surface area contributed by atoms with E-state index in [2.05, 4.69) is 33.0 Å². The molecule has 0 radical (unpaired) electrons. The molecule has 0 fully saturated rings. The zero-order valence-electron chi connectivity index (χ0n) is 12.8. The second-order valence-electron chi connectivity index (χ2n) is 6.50. The van der Waals surface area contributed by atoms with E-state index in [0.29, 0.717) is 11.5 Å². The summed E-state index contributed by atoms with van der Waals surface area (Å²) in [7, 11) is 0. The molecule has 0 spiro atoms. The maximum Gasteiger partial charge on any atom is 0.169 e. The van der Waals surface area contributed by atoms with Crippen LogP contribution in [0.1, 0.15) is 39.9 Å². The molecule has 2 nitrogen and oxygen atoms in total. The SMILES string of the molecule is CC(C)CNCCC(C)(C)c1cc2cccc(F)c2o1. The van der Waals surface area contributed by atoms with Gasteiger partial charge in [-0.15, -0.1) is 0 Å². The minimum atomic E-state index is -0.289. The Morgan fingerprint density at radius 1 is 1.30 bits per heavy atom. The largest absolute Gasteiger partial charge is 0.457 e. The van der Waals surface area contributed by atoms with Crippen LogP contribution in [0.25, 0.3) is 11.0 Å². The van der Waals surface area contributed by atoms with Crippen LogP contribution in [0.5, 0.6) is 0 Å². The van der Waals surface area contributed by atoms with E-state index in [9.17, 15) is 4.39 Å². The number of nitrogens with one attached hydrogen (secondary N) is 1. The highest BCUT2D eigenvalue weighted by atomic mass is 19.1. The summed E-state index contributed by atoms with van der Waals surface area (Å²) in [6.07, 6.45) is 0.959. The van der Waals surface area contributed by atoms with E-state index in [1.165, 1.54) is 6.07 Å². The standard InChI is InChI=1S/C17H24FNO/c1-12(2)11-19-9-8-17(3,4)15-10-13-6-5-7-14(18)16(13)20-15/h5-7,10,12,19H,8-9,11H2,1-4H3. The van der Waals surface area contributed by atoms with Crippen LogP contribution >= 0.6 is 0 Å². The molecule has 0 amide bonds. The van der Waals surface area contributed by atoms with E-state index < -0.39 is 0 Å². The predicted molar refractivity (Wildman–Crippen MR) is 81.5 cm³/mol. The van der Waals surface area contributed by atoms with Gasteiger partial charge in [0.05, 0.1) is 0 Å². The van der Waals surface area contributed by atoms with Crippen molar-refractivity contribution in [3.63, 3.8) is 0 Å². The normalized spacial score (nSPS) is 12.5. The highest BCUT2D eigenvalue weighted by Crippen LogP contribution is 2.32. The Hall–Kier alpha value is -1.35. The first kappa shape index (κ1) is 15.0. The molecule has 1 aromatic carbocycles. The molecular weight excluding hydrogens is 253 g/mol. The second kappa shape index (κ2) is 5.96. The number of fused-ring (bicyclic) bond motifs is 1.